The first kappa shape index (κ1) is 28.9. The lowest BCUT2D eigenvalue weighted by atomic mass is 10.0. The normalized spacial score (nSPS) is 20.7. The van der Waals surface area contributed by atoms with Crippen LogP contribution >= 0.6 is 7.82 Å². The number of anilines is 1. The quantitative estimate of drug-likeness (QED) is 0.130. The number of hydrogen-bond donors (Lipinski definition) is 7. The Balaban J connectivity index is 1.71. The van der Waals surface area contributed by atoms with E-state index in [0.717, 1.165) is 16.6 Å². The third-order valence-corrected chi connectivity index (χ3v) is 6.45. The number of unbranched alkanes of at least 4 members (excludes halogenated alkanes) is 1. The van der Waals surface area contributed by atoms with E-state index in [2.05, 4.69) is 14.8 Å². The van der Waals surface area contributed by atoms with E-state index in [4.69, 9.17) is 26.0 Å². The first-order valence-electron chi connectivity index (χ1n) is 11.7. The maximum atomic E-state index is 12.5. The number of aliphatic carboxylic acids is 1. The molecule has 0 aliphatic carbocycles. The second-order valence-electron chi connectivity index (χ2n) is 8.70. The predicted octanol–water partition coefficient (Wildman–Crippen LogP) is -0.0780. The van der Waals surface area contributed by atoms with Gasteiger partial charge in [-0.2, -0.15) is 4.98 Å². The van der Waals surface area contributed by atoms with Crippen molar-refractivity contribution in [1.82, 2.24) is 14.9 Å². The molecule has 0 spiro atoms. The molecule has 1 aliphatic rings. The van der Waals surface area contributed by atoms with Gasteiger partial charge < -0.3 is 41.5 Å². The highest BCUT2D eigenvalue weighted by molar-refractivity contribution is 7.46. The van der Waals surface area contributed by atoms with Crippen LogP contribution in [-0.4, -0.2) is 66.9 Å². The summed E-state index contributed by atoms with van der Waals surface area (Å²) >= 11 is 0. The summed E-state index contributed by atoms with van der Waals surface area (Å²) in [7, 11) is -4.75. The van der Waals surface area contributed by atoms with E-state index in [-0.39, 0.29) is 12.2 Å². The highest BCUT2D eigenvalue weighted by Gasteiger charge is 2.37. The molecule has 9 N–H and O–H groups in total. The smallest absolute Gasteiger partial charge is 0.469 e. The summed E-state index contributed by atoms with van der Waals surface area (Å²) in [4.78, 5) is 45.5. The van der Waals surface area contributed by atoms with E-state index >= 15 is 0 Å². The molecule has 0 radical (unpaired) electrons. The molecule has 0 unspecified atom stereocenters. The van der Waals surface area contributed by atoms with Crippen LogP contribution in [0.25, 0.3) is 11.1 Å². The van der Waals surface area contributed by atoms with Gasteiger partial charge in [-0.05, 0) is 30.5 Å². The van der Waals surface area contributed by atoms with Crippen molar-refractivity contribution >= 4 is 19.6 Å². The summed E-state index contributed by atoms with van der Waals surface area (Å²) in [5, 5.41) is 22.6. The van der Waals surface area contributed by atoms with Crippen molar-refractivity contribution in [2.45, 2.75) is 56.7 Å². The molecule has 2 aromatic rings. The number of nitrogen functional groups attached to an aromatic ring is 1. The largest absolute Gasteiger partial charge is 0.480 e. The van der Waals surface area contributed by atoms with Crippen molar-refractivity contribution < 1.29 is 38.6 Å². The van der Waals surface area contributed by atoms with E-state index in [1.165, 1.54) is 6.20 Å². The van der Waals surface area contributed by atoms with Crippen LogP contribution in [0, 0.1) is 0 Å². The molecule has 37 heavy (non-hydrogen) atoms. The number of carboxylic acids is 1. The predicted molar refractivity (Wildman–Crippen MR) is 132 cm³/mol. The molecule has 14 nitrogen and oxygen atoms in total. The van der Waals surface area contributed by atoms with Gasteiger partial charge in [-0.3, -0.25) is 13.9 Å². The van der Waals surface area contributed by atoms with Crippen molar-refractivity contribution in [3.8, 4) is 11.1 Å². The van der Waals surface area contributed by atoms with Gasteiger partial charge in [0.15, 0.2) is 0 Å². The Morgan fingerprint density at radius 2 is 2.00 bits per heavy atom. The summed E-state index contributed by atoms with van der Waals surface area (Å²) in [5.41, 5.74) is 12.6. The lowest BCUT2D eigenvalue weighted by Crippen LogP contribution is -2.36. The van der Waals surface area contributed by atoms with Gasteiger partial charge in [0.25, 0.3) is 0 Å². The molecular weight excluding hydrogens is 509 g/mol. The van der Waals surface area contributed by atoms with Crippen molar-refractivity contribution in [1.29, 1.82) is 0 Å². The van der Waals surface area contributed by atoms with Gasteiger partial charge in [-0.1, -0.05) is 30.7 Å². The molecule has 1 aliphatic heterocycles. The molecule has 0 bridgehead atoms. The number of rotatable bonds is 13. The number of nitrogens with two attached hydrogens (primary N) is 2. The molecule has 1 saturated heterocycles. The zero-order chi connectivity index (χ0) is 27.2. The Morgan fingerprint density at radius 1 is 1.30 bits per heavy atom. The Kier molecular flexibility index (Phi) is 9.93. The minimum atomic E-state index is -4.75. The van der Waals surface area contributed by atoms with Crippen LogP contribution in [0.1, 0.15) is 37.5 Å². The van der Waals surface area contributed by atoms with Crippen molar-refractivity contribution in [3.63, 3.8) is 0 Å². The van der Waals surface area contributed by atoms with Gasteiger partial charge in [-0.15, -0.1) is 0 Å². The van der Waals surface area contributed by atoms with Crippen LogP contribution in [0.2, 0.25) is 0 Å². The molecule has 3 rings (SSSR count). The number of hydrogen-bond acceptors (Lipinski definition) is 10. The number of aromatic nitrogens is 2. The molecule has 15 heteroatoms. The summed E-state index contributed by atoms with van der Waals surface area (Å²) in [6.45, 7) is 0.286. The average molecular weight is 541 g/mol. The number of ether oxygens (including phenoxy) is 1. The standard InChI is InChI=1S/C22H32N5O9P/c23-8-2-1-3-16(21(29)30)25-10-13-4-6-14(7-5-13)15-11-27(22(31)26-20(15)24)19-9-17(28)18(36-19)12-35-37(32,33)34/h4-7,11,16-19,25,28H,1-3,8-10,12,23H2,(H,29,30)(H2,24,26,31)(H2,32,33,34)/t16-,17-,18+,19+/m0/s1. The highest BCUT2D eigenvalue weighted by Crippen LogP contribution is 2.38. The number of nitrogens with one attached hydrogen (secondary N) is 1. The second kappa shape index (κ2) is 12.7. The number of aliphatic hydroxyl groups excluding tert-OH is 1. The minimum absolute atomic E-state index is 0.0158. The third kappa shape index (κ3) is 8.15. The molecule has 0 amide bonds. The first-order valence-corrected chi connectivity index (χ1v) is 13.2. The SMILES string of the molecule is NCCCC[C@H](NCc1ccc(-c2cn([C@H]3C[C@H](O)[C@@H](COP(=O)(O)O)O3)c(=O)nc2N)cc1)C(=O)O. The van der Waals surface area contributed by atoms with Gasteiger partial charge in [0.05, 0.1) is 12.7 Å². The molecule has 2 heterocycles. The second-order valence-corrected chi connectivity index (χ2v) is 9.94. The third-order valence-electron chi connectivity index (χ3n) is 5.97. The Bertz CT molecular complexity index is 1170. The zero-order valence-corrected chi connectivity index (χ0v) is 20.9. The Labute approximate surface area is 212 Å². The van der Waals surface area contributed by atoms with Gasteiger partial charge in [0, 0.05) is 24.7 Å². The molecule has 1 aromatic carbocycles. The molecule has 1 aromatic heterocycles. The zero-order valence-electron chi connectivity index (χ0n) is 20.0. The van der Waals surface area contributed by atoms with Gasteiger partial charge in [0.1, 0.15) is 24.2 Å². The van der Waals surface area contributed by atoms with Gasteiger partial charge in [-0.25, -0.2) is 9.36 Å². The number of carboxylic acid groups (broad SMARTS) is 1. The number of nitrogens with zero attached hydrogens (tertiary/aromatic N) is 2. The number of aliphatic hydroxyl groups is 1. The molecule has 1 fully saturated rings. The van der Waals surface area contributed by atoms with E-state index in [1.54, 1.807) is 24.3 Å². The van der Waals surface area contributed by atoms with Gasteiger partial charge >= 0.3 is 19.5 Å². The number of benzene rings is 1. The van der Waals surface area contributed by atoms with Crippen LogP contribution in [0.15, 0.2) is 35.3 Å². The summed E-state index contributed by atoms with van der Waals surface area (Å²) in [6, 6.07) is 6.41. The Morgan fingerprint density at radius 3 is 2.62 bits per heavy atom. The summed E-state index contributed by atoms with van der Waals surface area (Å²) in [6.07, 6.45) is 0.225. The number of phosphoric acid groups is 1. The summed E-state index contributed by atoms with van der Waals surface area (Å²) < 4.78 is 22.1. The summed E-state index contributed by atoms with van der Waals surface area (Å²) in [5.74, 6) is -0.942. The Hall–Kier alpha value is -2.68. The van der Waals surface area contributed by atoms with E-state index in [9.17, 15) is 24.4 Å². The van der Waals surface area contributed by atoms with E-state index in [0.29, 0.717) is 37.1 Å². The van der Waals surface area contributed by atoms with Crippen LogP contribution in [0.4, 0.5) is 5.82 Å². The first-order chi connectivity index (χ1) is 17.5. The average Bonchev–Trinajstić information content (AvgIpc) is 3.20. The lowest BCUT2D eigenvalue weighted by Gasteiger charge is -2.18. The fraction of sp³-hybridized carbons (Fsp3) is 0.500. The molecule has 4 atom stereocenters. The van der Waals surface area contributed by atoms with Crippen LogP contribution in [-0.2, 0) is 25.2 Å². The topological polar surface area (TPSA) is 232 Å². The highest BCUT2D eigenvalue weighted by atomic mass is 31.2. The van der Waals surface area contributed by atoms with Crippen LogP contribution < -0.4 is 22.5 Å². The maximum absolute atomic E-state index is 12.5. The van der Waals surface area contributed by atoms with Gasteiger partial charge in [0.2, 0.25) is 0 Å². The van der Waals surface area contributed by atoms with Crippen LogP contribution in [0.5, 0.6) is 0 Å². The fourth-order valence-electron chi connectivity index (χ4n) is 3.97. The van der Waals surface area contributed by atoms with E-state index in [1.807, 2.05) is 0 Å². The molecular formula is C22H32N5O9P. The fourth-order valence-corrected chi connectivity index (χ4v) is 4.31. The maximum Gasteiger partial charge on any atom is 0.469 e. The van der Waals surface area contributed by atoms with Crippen molar-refractivity contribution in [2.24, 2.45) is 5.73 Å². The number of carbonyl (C=O) groups is 1. The van der Waals surface area contributed by atoms with E-state index < -0.39 is 50.6 Å². The minimum Gasteiger partial charge on any atom is -0.480 e. The number of phosphoric ester groups is 1. The molecule has 0 saturated carbocycles. The lowest BCUT2D eigenvalue weighted by molar-refractivity contribution is -0.139. The molecule has 204 valence electrons. The monoisotopic (exact) mass is 541 g/mol. The van der Waals surface area contributed by atoms with Crippen molar-refractivity contribution in [2.75, 3.05) is 18.9 Å². The van der Waals surface area contributed by atoms with Crippen LogP contribution in [0.3, 0.4) is 0 Å². The van der Waals surface area contributed by atoms with Crippen molar-refractivity contribution in [3.05, 3.63) is 46.5 Å².